The van der Waals surface area contributed by atoms with Crippen molar-refractivity contribution >= 4 is 12.3 Å². The van der Waals surface area contributed by atoms with Crippen molar-refractivity contribution in [2.75, 3.05) is 0 Å². The molecule has 3 nitrogen and oxygen atoms in total. The summed E-state index contributed by atoms with van der Waals surface area (Å²) in [5.41, 5.74) is 2.87. The molecule has 2 aliphatic rings. The molecule has 0 spiro atoms. The van der Waals surface area contributed by atoms with Crippen molar-refractivity contribution in [3.05, 3.63) is 58.7 Å². The van der Waals surface area contributed by atoms with Crippen LogP contribution in [0.15, 0.2) is 58.7 Å². The van der Waals surface area contributed by atoms with Crippen molar-refractivity contribution in [2.24, 2.45) is 0 Å². The largest absolute Gasteiger partial charge is 0.478 e. The maximum Gasteiger partial charge on any atom is 0.332 e. The number of carboxylic acid groups (broad SMARTS) is 1. The zero-order chi connectivity index (χ0) is 13.0. The Morgan fingerprint density at radius 3 is 2.06 bits per heavy atom. The van der Waals surface area contributed by atoms with E-state index in [0.717, 1.165) is 29.6 Å². The molecule has 0 atom stereocenters. The maximum absolute atomic E-state index is 11.3. The zero-order valence-corrected chi connectivity index (χ0v) is 9.93. The van der Waals surface area contributed by atoms with Crippen molar-refractivity contribution in [2.45, 2.75) is 19.3 Å². The van der Waals surface area contributed by atoms with Gasteiger partial charge in [0, 0.05) is 6.42 Å². The van der Waals surface area contributed by atoms with E-state index in [1.165, 1.54) is 0 Å². The molecule has 18 heavy (non-hydrogen) atoms. The highest BCUT2D eigenvalue weighted by Gasteiger charge is 2.21. The van der Waals surface area contributed by atoms with E-state index in [0.29, 0.717) is 6.29 Å². The van der Waals surface area contributed by atoms with Crippen LogP contribution in [0.4, 0.5) is 0 Å². The molecule has 0 aromatic carbocycles. The molecule has 0 aromatic heterocycles. The molecule has 0 radical (unpaired) electrons. The predicted molar refractivity (Wildman–Crippen MR) is 69.0 cm³/mol. The molecule has 2 rings (SSSR count). The molecular formula is C15H14O3. The lowest BCUT2D eigenvalue weighted by molar-refractivity contribution is -0.133. The normalized spacial score (nSPS) is 16.4. The lowest BCUT2D eigenvalue weighted by Crippen LogP contribution is -2.08. The fourth-order valence-electron chi connectivity index (χ4n) is 2.24. The predicted octanol–water partition coefficient (Wildman–Crippen LogP) is 2.73. The van der Waals surface area contributed by atoms with Gasteiger partial charge in [-0.3, -0.25) is 0 Å². The van der Waals surface area contributed by atoms with Gasteiger partial charge in [0.1, 0.15) is 6.29 Å². The summed E-state index contributed by atoms with van der Waals surface area (Å²) in [5, 5.41) is 9.28. The standard InChI is InChI=1S/C15H14O3/c16-10-9-13(15(17)18)14(11-5-1-2-6-11)12-7-3-4-8-12/h1-5,7,10H,6,8-9H2,(H,17,18). The minimum Gasteiger partial charge on any atom is -0.478 e. The van der Waals surface area contributed by atoms with Gasteiger partial charge in [-0.2, -0.15) is 0 Å². The minimum absolute atomic E-state index is 0.0562. The smallest absolute Gasteiger partial charge is 0.332 e. The number of carbonyl (C=O) groups is 2. The summed E-state index contributed by atoms with van der Waals surface area (Å²) in [4.78, 5) is 22.0. The fourth-order valence-corrected chi connectivity index (χ4v) is 2.24. The van der Waals surface area contributed by atoms with Crippen LogP contribution < -0.4 is 0 Å². The van der Waals surface area contributed by atoms with E-state index in [1.807, 2.05) is 36.5 Å². The summed E-state index contributed by atoms with van der Waals surface area (Å²) < 4.78 is 0. The highest BCUT2D eigenvalue weighted by atomic mass is 16.4. The molecule has 92 valence electrons. The lowest BCUT2D eigenvalue weighted by Gasteiger charge is -2.14. The first-order valence-electron chi connectivity index (χ1n) is 5.86. The van der Waals surface area contributed by atoms with E-state index in [9.17, 15) is 14.7 Å². The number of aldehydes is 1. The van der Waals surface area contributed by atoms with Gasteiger partial charge in [0.2, 0.25) is 0 Å². The molecule has 0 fully saturated rings. The van der Waals surface area contributed by atoms with E-state index < -0.39 is 5.97 Å². The molecule has 0 saturated heterocycles. The van der Waals surface area contributed by atoms with Gasteiger partial charge in [-0.25, -0.2) is 4.79 Å². The third-order valence-electron chi connectivity index (χ3n) is 3.03. The van der Waals surface area contributed by atoms with E-state index in [2.05, 4.69) is 0 Å². The minimum atomic E-state index is -1.02. The van der Waals surface area contributed by atoms with Crippen LogP contribution in [0.5, 0.6) is 0 Å². The van der Waals surface area contributed by atoms with E-state index in [-0.39, 0.29) is 12.0 Å². The molecule has 0 amide bonds. The van der Waals surface area contributed by atoms with Gasteiger partial charge >= 0.3 is 5.97 Å². The van der Waals surface area contributed by atoms with Gasteiger partial charge in [0.05, 0.1) is 5.57 Å². The van der Waals surface area contributed by atoms with Gasteiger partial charge in [0.15, 0.2) is 0 Å². The summed E-state index contributed by atoms with van der Waals surface area (Å²) in [6.07, 6.45) is 13.7. The van der Waals surface area contributed by atoms with Crippen molar-refractivity contribution < 1.29 is 14.7 Å². The van der Waals surface area contributed by atoms with Crippen LogP contribution in [0.1, 0.15) is 19.3 Å². The molecule has 0 aromatic rings. The average molecular weight is 242 g/mol. The Balaban J connectivity index is 2.48. The second kappa shape index (κ2) is 5.45. The van der Waals surface area contributed by atoms with Crippen LogP contribution in [0.2, 0.25) is 0 Å². The third kappa shape index (κ3) is 2.40. The second-order valence-electron chi connectivity index (χ2n) is 4.18. The molecule has 3 heteroatoms. The molecule has 0 unspecified atom stereocenters. The van der Waals surface area contributed by atoms with Crippen LogP contribution >= 0.6 is 0 Å². The van der Waals surface area contributed by atoms with Crippen molar-refractivity contribution in [1.82, 2.24) is 0 Å². The SMILES string of the molecule is O=CCC(C(=O)O)=C(C1=CC=CC1)C1=CC=CC1. The average Bonchev–Trinajstić information content (AvgIpc) is 3.01. The number of hydrogen-bond donors (Lipinski definition) is 1. The van der Waals surface area contributed by atoms with Gasteiger partial charge in [-0.1, -0.05) is 36.5 Å². The maximum atomic E-state index is 11.3. The van der Waals surface area contributed by atoms with Crippen LogP contribution in [0, 0.1) is 0 Å². The highest BCUT2D eigenvalue weighted by molar-refractivity contribution is 5.93. The zero-order valence-electron chi connectivity index (χ0n) is 9.93. The number of aliphatic carboxylic acids is 1. The topological polar surface area (TPSA) is 54.4 Å². The van der Waals surface area contributed by atoms with E-state index in [4.69, 9.17) is 0 Å². The first-order valence-corrected chi connectivity index (χ1v) is 5.86. The Morgan fingerprint density at radius 2 is 1.72 bits per heavy atom. The van der Waals surface area contributed by atoms with Crippen LogP contribution in [0.25, 0.3) is 0 Å². The number of allylic oxidation sites excluding steroid dienone is 9. The second-order valence-corrected chi connectivity index (χ2v) is 4.18. The van der Waals surface area contributed by atoms with Crippen molar-refractivity contribution in [3.63, 3.8) is 0 Å². The molecule has 0 saturated carbocycles. The Morgan fingerprint density at radius 1 is 1.17 bits per heavy atom. The first-order chi connectivity index (χ1) is 8.74. The Hall–Kier alpha value is -2.16. The summed E-state index contributed by atoms with van der Waals surface area (Å²) in [6.45, 7) is 0. The molecule has 0 aliphatic heterocycles. The fraction of sp³-hybridized carbons (Fsp3) is 0.200. The van der Waals surface area contributed by atoms with Crippen molar-refractivity contribution in [3.8, 4) is 0 Å². The quantitative estimate of drug-likeness (QED) is 0.595. The van der Waals surface area contributed by atoms with Crippen LogP contribution in [-0.2, 0) is 9.59 Å². The number of carboxylic acids is 1. The molecule has 0 bridgehead atoms. The van der Waals surface area contributed by atoms with E-state index >= 15 is 0 Å². The molecule has 2 aliphatic carbocycles. The lowest BCUT2D eigenvalue weighted by atomic mass is 9.90. The van der Waals surface area contributed by atoms with Crippen LogP contribution in [-0.4, -0.2) is 17.4 Å². The first kappa shape index (κ1) is 12.3. The number of hydrogen-bond acceptors (Lipinski definition) is 2. The molecule has 1 N–H and O–H groups in total. The van der Waals surface area contributed by atoms with Gasteiger partial charge in [-0.05, 0) is 29.6 Å². The Kier molecular flexibility index (Phi) is 3.72. The number of carbonyl (C=O) groups excluding carboxylic acids is 1. The summed E-state index contributed by atoms with van der Waals surface area (Å²) >= 11 is 0. The third-order valence-corrected chi connectivity index (χ3v) is 3.03. The summed E-state index contributed by atoms with van der Waals surface area (Å²) in [7, 11) is 0. The monoisotopic (exact) mass is 242 g/mol. The number of rotatable bonds is 5. The Labute approximate surface area is 106 Å². The van der Waals surface area contributed by atoms with Gasteiger partial charge < -0.3 is 9.90 Å². The van der Waals surface area contributed by atoms with Gasteiger partial charge in [0.25, 0.3) is 0 Å². The van der Waals surface area contributed by atoms with Crippen LogP contribution in [0.3, 0.4) is 0 Å². The highest BCUT2D eigenvalue weighted by Crippen LogP contribution is 2.33. The van der Waals surface area contributed by atoms with E-state index in [1.54, 1.807) is 0 Å². The molecule has 0 heterocycles. The molecular weight excluding hydrogens is 228 g/mol. The van der Waals surface area contributed by atoms with Crippen molar-refractivity contribution in [1.29, 1.82) is 0 Å². The summed E-state index contributed by atoms with van der Waals surface area (Å²) in [5.74, 6) is -1.02. The van der Waals surface area contributed by atoms with Gasteiger partial charge in [-0.15, -0.1) is 0 Å². The Bertz CT molecular complexity index is 496. The summed E-state index contributed by atoms with van der Waals surface area (Å²) in [6, 6.07) is 0.